The number of hydrogen-bond donors (Lipinski definition) is 0. The maximum absolute atomic E-state index is 12.6. The van der Waals surface area contributed by atoms with Gasteiger partial charge in [0, 0.05) is 36.5 Å². The Morgan fingerprint density at radius 3 is 2.86 bits per heavy atom. The molecule has 0 radical (unpaired) electrons. The summed E-state index contributed by atoms with van der Waals surface area (Å²) in [6.07, 6.45) is 5.48. The molecule has 124 valence electrons. The van der Waals surface area contributed by atoms with Crippen molar-refractivity contribution in [2.24, 2.45) is 5.92 Å². The summed E-state index contributed by atoms with van der Waals surface area (Å²) >= 11 is 1.62. The van der Waals surface area contributed by atoms with Gasteiger partial charge in [0.05, 0.1) is 23.7 Å². The third-order valence-corrected chi connectivity index (χ3v) is 6.38. The Morgan fingerprint density at radius 2 is 2.27 bits per heavy atom. The molecule has 8 heteroatoms. The van der Waals surface area contributed by atoms with Crippen molar-refractivity contribution in [3.8, 4) is 0 Å². The number of thioether (sulfide) groups is 1. The Bertz CT molecular complexity index is 627. The van der Waals surface area contributed by atoms with Gasteiger partial charge in [-0.15, -0.1) is 0 Å². The van der Waals surface area contributed by atoms with Gasteiger partial charge in [-0.2, -0.15) is 16.9 Å². The minimum absolute atomic E-state index is 0.0138. The number of nitrogens with zero attached hydrogens (tertiary/aromatic N) is 3. The van der Waals surface area contributed by atoms with Gasteiger partial charge in [-0.1, -0.05) is 6.92 Å². The first-order valence-corrected chi connectivity index (χ1v) is 10.6. The van der Waals surface area contributed by atoms with E-state index in [0.717, 1.165) is 17.9 Å². The van der Waals surface area contributed by atoms with E-state index in [1.165, 1.54) is 0 Å². The molecule has 1 fully saturated rings. The molecule has 0 saturated carbocycles. The van der Waals surface area contributed by atoms with E-state index in [1.807, 2.05) is 26.3 Å². The Balaban J connectivity index is 2.28. The van der Waals surface area contributed by atoms with Gasteiger partial charge in [0.15, 0.2) is 9.84 Å². The van der Waals surface area contributed by atoms with Crippen LogP contribution >= 0.6 is 11.8 Å². The summed E-state index contributed by atoms with van der Waals surface area (Å²) in [5, 5.41) is 4.21. The second-order valence-corrected chi connectivity index (χ2v) is 8.79. The maximum atomic E-state index is 12.6. The summed E-state index contributed by atoms with van der Waals surface area (Å²) in [5.74, 6) is 0.685. The van der Waals surface area contributed by atoms with Crippen molar-refractivity contribution >= 4 is 27.5 Å². The number of rotatable bonds is 5. The molecule has 0 unspecified atom stereocenters. The molecule has 2 atom stereocenters. The van der Waals surface area contributed by atoms with E-state index in [9.17, 15) is 13.2 Å². The predicted octanol–water partition coefficient (Wildman–Crippen LogP) is 1.20. The minimum atomic E-state index is -3.12. The molecule has 0 spiro atoms. The zero-order valence-corrected chi connectivity index (χ0v) is 14.9. The van der Waals surface area contributed by atoms with Gasteiger partial charge < -0.3 is 4.90 Å². The van der Waals surface area contributed by atoms with Crippen LogP contribution in [0.2, 0.25) is 0 Å². The number of hydrogen-bond acceptors (Lipinski definition) is 5. The fraction of sp³-hybridized carbons (Fsp3) is 0.714. The molecule has 6 nitrogen and oxygen atoms in total. The van der Waals surface area contributed by atoms with Crippen LogP contribution in [0.25, 0.3) is 0 Å². The van der Waals surface area contributed by atoms with Crippen molar-refractivity contribution in [2.45, 2.75) is 26.4 Å². The first kappa shape index (κ1) is 17.3. The molecule has 1 aliphatic heterocycles. The van der Waals surface area contributed by atoms with Gasteiger partial charge in [-0.3, -0.25) is 9.48 Å². The Kier molecular flexibility index (Phi) is 5.55. The minimum Gasteiger partial charge on any atom is -0.333 e. The highest BCUT2D eigenvalue weighted by Crippen LogP contribution is 2.28. The summed E-state index contributed by atoms with van der Waals surface area (Å²) in [7, 11) is -3.12. The molecule has 0 bridgehead atoms. The van der Waals surface area contributed by atoms with Crippen molar-refractivity contribution in [1.82, 2.24) is 14.7 Å². The van der Waals surface area contributed by atoms with Gasteiger partial charge in [-0.05, 0) is 13.2 Å². The molecule has 0 aromatic carbocycles. The van der Waals surface area contributed by atoms with Crippen molar-refractivity contribution in [3.63, 3.8) is 0 Å². The smallest absolute Gasteiger partial charge is 0.226 e. The van der Waals surface area contributed by atoms with Crippen LogP contribution in [0.3, 0.4) is 0 Å². The second-order valence-electron chi connectivity index (χ2n) is 5.65. The van der Waals surface area contributed by atoms with Gasteiger partial charge in [0.2, 0.25) is 5.91 Å². The van der Waals surface area contributed by atoms with Crippen LogP contribution in [-0.2, 0) is 21.2 Å². The van der Waals surface area contributed by atoms with E-state index in [2.05, 4.69) is 5.10 Å². The highest BCUT2D eigenvalue weighted by atomic mass is 32.2. The highest BCUT2D eigenvalue weighted by Gasteiger charge is 2.37. The fourth-order valence-corrected chi connectivity index (χ4v) is 4.81. The fourth-order valence-electron chi connectivity index (χ4n) is 2.68. The number of carbonyl (C=O) groups excluding carboxylic acids is 1. The van der Waals surface area contributed by atoms with Gasteiger partial charge >= 0.3 is 0 Å². The number of sulfone groups is 1. The van der Waals surface area contributed by atoms with Crippen LogP contribution in [0.15, 0.2) is 12.4 Å². The van der Waals surface area contributed by atoms with Crippen LogP contribution < -0.4 is 0 Å². The SMILES string of the molecule is CCn1cc([C@@H]2CS(=O)(=O)CCN2C(=O)[C@H](C)CSC)cn1. The molecular formula is C14H23N3O3S2. The van der Waals surface area contributed by atoms with Gasteiger partial charge in [0.1, 0.15) is 0 Å². The lowest BCUT2D eigenvalue weighted by molar-refractivity contribution is -0.136. The molecule has 2 heterocycles. The molecule has 22 heavy (non-hydrogen) atoms. The van der Waals surface area contributed by atoms with Crippen LogP contribution in [-0.4, -0.2) is 59.1 Å². The van der Waals surface area contributed by atoms with Crippen molar-refractivity contribution < 1.29 is 13.2 Å². The Labute approximate surface area is 136 Å². The summed E-state index contributed by atoms with van der Waals surface area (Å²) in [6, 6.07) is -0.421. The zero-order valence-electron chi connectivity index (χ0n) is 13.2. The molecule has 1 aromatic rings. The van der Waals surface area contributed by atoms with Crippen LogP contribution in [0, 0.1) is 5.92 Å². The molecule has 2 rings (SSSR count). The third kappa shape index (κ3) is 3.84. The van der Waals surface area contributed by atoms with Crippen LogP contribution in [0.5, 0.6) is 0 Å². The van der Waals surface area contributed by atoms with E-state index in [0.29, 0.717) is 0 Å². The lowest BCUT2D eigenvalue weighted by Crippen LogP contribution is -2.48. The van der Waals surface area contributed by atoms with E-state index >= 15 is 0 Å². The summed E-state index contributed by atoms with van der Waals surface area (Å²) < 4.78 is 25.8. The maximum Gasteiger partial charge on any atom is 0.226 e. The summed E-state index contributed by atoms with van der Waals surface area (Å²) in [6.45, 7) is 4.85. The molecule has 1 saturated heterocycles. The number of aryl methyl sites for hydroxylation is 1. The highest BCUT2D eigenvalue weighted by molar-refractivity contribution is 7.98. The normalized spacial score (nSPS) is 22.5. The number of aromatic nitrogens is 2. The molecular weight excluding hydrogens is 322 g/mol. The predicted molar refractivity (Wildman–Crippen MR) is 88.6 cm³/mol. The molecule has 1 aromatic heterocycles. The third-order valence-electron chi connectivity index (χ3n) is 3.91. The largest absolute Gasteiger partial charge is 0.333 e. The van der Waals surface area contributed by atoms with Crippen molar-refractivity contribution in [1.29, 1.82) is 0 Å². The van der Waals surface area contributed by atoms with Gasteiger partial charge in [-0.25, -0.2) is 8.42 Å². The summed E-state index contributed by atoms with van der Waals surface area (Å²) in [4.78, 5) is 14.4. The first-order valence-electron chi connectivity index (χ1n) is 7.40. The van der Waals surface area contributed by atoms with E-state index < -0.39 is 15.9 Å². The van der Waals surface area contributed by atoms with Crippen LogP contribution in [0.4, 0.5) is 0 Å². The summed E-state index contributed by atoms with van der Waals surface area (Å²) in [5.41, 5.74) is 0.801. The van der Waals surface area contributed by atoms with Gasteiger partial charge in [0.25, 0.3) is 0 Å². The van der Waals surface area contributed by atoms with E-state index in [4.69, 9.17) is 0 Å². The van der Waals surface area contributed by atoms with Crippen molar-refractivity contribution in [3.05, 3.63) is 18.0 Å². The number of amides is 1. The Hall–Kier alpha value is -1.02. The lowest BCUT2D eigenvalue weighted by Gasteiger charge is -2.36. The number of carbonyl (C=O) groups is 1. The Morgan fingerprint density at radius 1 is 1.55 bits per heavy atom. The molecule has 1 amide bonds. The average molecular weight is 345 g/mol. The standard InChI is InChI=1S/C14H23N3O3S2/c1-4-16-8-12(7-15-16)13-10-22(19,20)6-5-17(13)14(18)11(2)9-21-3/h7-8,11,13H,4-6,9-10H2,1-3H3/t11-,13+/m1/s1. The second kappa shape index (κ2) is 7.04. The monoisotopic (exact) mass is 345 g/mol. The molecule has 1 aliphatic rings. The van der Waals surface area contributed by atoms with Crippen LogP contribution in [0.1, 0.15) is 25.5 Å². The van der Waals surface area contributed by atoms with Crippen molar-refractivity contribution in [2.75, 3.05) is 30.1 Å². The zero-order chi connectivity index (χ0) is 16.3. The lowest BCUT2D eigenvalue weighted by atomic mass is 10.1. The first-order chi connectivity index (χ1) is 10.4. The van der Waals surface area contributed by atoms with E-state index in [1.54, 1.807) is 27.5 Å². The van der Waals surface area contributed by atoms with E-state index in [-0.39, 0.29) is 29.9 Å². The molecule has 0 N–H and O–H groups in total. The average Bonchev–Trinajstić information content (AvgIpc) is 2.95. The topological polar surface area (TPSA) is 72.3 Å². The molecule has 0 aliphatic carbocycles. The quantitative estimate of drug-likeness (QED) is 0.802.